The second kappa shape index (κ2) is 4.39. The predicted octanol–water partition coefficient (Wildman–Crippen LogP) is 1.58. The van der Waals surface area contributed by atoms with Gasteiger partial charge in [-0.15, -0.1) is 0 Å². The molecule has 0 bridgehead atoms. The van der Waals surface area contributed by atoms with E-state index in [1.54, 1.807) is 11.7 Å². The molecule has 0 saturated heterocycles. The second-order valence-corrected chi connectivity index (χ2v) is 4.03. The van der Waals surface area contributed by atoms with Gasteiger partial charge in [0, 0.05) is 18.1 Å². The van der Waals surface area contributed by atoms with E-state index in [0.717, 1.165) is 4.47 Å². The van der Waals surface area contributed by atoms with Crippen LogP contribution in [0, 0.1) is 0 Å². The lowest BCUT2D eigenvalue weighted by Crippen LogP contribution is -2.05. The molecule has 0 unspecified atom stereocenters. The Morgan fingerprint density at radius 1 is 1.47 bits per heavy atom. The smallest absolute Gasteiger partial charge is 0.242 e. The number of nitrogens with one attached hydrogen (secondary N) is 1. The van der Waals surface area contributed by atoms with Crippen LogP contribution in [0.15, 0.2) is 28.7 Å². The fraction of sp³-hybridized carbons (Fsp3) is 0.222. The molecule has 2 aromatic rings. The number of anilines is 1. The molecule has 1 N–H and O–H groups in total. The SMILES string of the molecule is Cn1nnnc1NCc1cccc(Br)c1. The van der Waals surface area contributed by atoms with Crippen LogP contribution in [-0.4, -0.2) is 20.2 Å². The van der Waals surface area contributed by atoms with Crippen molar-refractivity contribution >= 4 is 21.9 Å². The summed E-state index contributed by atoms with van der Waals surface area (Å²) in [7, 11) is 1.79. The van der Waals surface area contributed by atoms with Crippen LogP contribution in [0.1, 0.15) is 5.56 Å². The maximum absolute atomic E-state index is 3.83. The first kappa shape index (κ1) is 10.1. The molecule has 0 saturated carbocycles. The third-order valence-corrected chi connectivity index (χ3v) is 2.45. The molecule has 0 aliphatic heterocycles. The fourth-order valence-corrected chi connectivity index (χ4v) is 1.65. The maximum atomic E-state index is 3.83. The van der Waals surface area contributed by atoms with Gasteiger partial charge >= 0.3 is 0 Å². The average Bonchev–Trinajstić information content (AvgIpc) is 2.61. The first-order chi connectivity index (χ1) is 7.25. The topological polar surface area (TPSA) is 55.6 Å². The van der Waals surface area contributed by atoms with Crippen LogP contribution in [0.25, 0.3) is 0 Å². The van der Waals surface area contributed by atoms with Crippen molar-refractivity contribution in [2.24, 2.45) is 7.05 Å². The zero-order chi connectivity index (χ0) is 10.7. The molecular formula is C9H10BrN5. The van der Waals surface area contributed by atoms with Gasteiger partial charge in [-0.3, -0.25) is 0 Å². The number of rotatable bonds is 3. The van der Waals surface area contributed by atoms with E-state index in [1.807, 2.05) is 18.2 Å². The van der Waals surface area contributed by atoms with Crippen molar-refractivity contribution in [3.05, 3.63) is 34.3 Å². The quantitative estimate of drug-likeness (QED) is 0.918. The van der Waals surface area contributed by atoms with Gasteiger partial charge < -0.3 is 5.32 Å². The maximum Gasteiger partial charge on any atom is 0.242 e. The highest BCUT2D eigenvalue weighted by molar-refractivity contribution is 9.10. The number of hydrogen-bond acceptors (Lipinski definition) is 4. The summed E-state index contributed by atoms with van der Waals surface area (Å²) in [6, 6.07) is 8.09. The molecule has 0 radical (unpaired) electrons. The van der Waals surface area contributed by atoms with E-state index < -0.39 is 0 Å². The molecule has 1 aromatic heterocycles. The Balaban J connectivity index is 2.02. The van der Waals surface area contributed by atoms with Crippen molar-refractivity contribution < 1.29 is 0 Å². The van der Waals surface area contributed by atoms with Crippen LogP contribution in [0.3, 0.4) is 0 Å². The van der Waals surface area contributed by atoms with Gasteiger partial charge in [-0.1, -0.05) is 33.2 Å². The molecule has 6 heteroatoms. The van der Waals surface area contributed by atoms with Crippen LogP contribution in [0.5, 0.6) is 0 Å². The lowest BCUT2D eigenvalue weighted by Gasteiger charge is -2.04. The molecule has 1 heterocycles. The third-order valence-electron chi connectivity index (χ3n) is 1.96. The van der Waals surface area contributed by atoms with Gasteiger partial charge in [0.25, 0.3) is 0 Å². The van der Waals surface area contributed by atoms with E-state index in [2.05, 4.69) is 42.8 Å². The lowest BCUT2D eigenvalue weighted by atomic mass is 10.2. The molecule has 5 nitrogen and oxygen atoms in total. The molecule has 0 spiro atoms. The number of aryl methyl sites for hydroxylation is 1. The van der Waals surface area contributed by atoms with Gasteiger partial charge in [0.1, 0.15) is 0 Å². The predicted molar refractivity (Wildman–Crippen MR) is 60.3 cm³/mol. The van der Waals surface area contributed by atoms with E-state index in [-0.39, 0.29) is 0 Å². The number of tetrazole rings is 1. The van der Waals surface area contributed by atoms with Crippen molar-refractivity contribution in [2.45, 2.75) is 6.54 Å². The molecule has 0 aliphatic carbocycles. The van der Waals surface area contributed by atoms with Gasteiger partial charge in [-0.25, -0.2) is 4.68 Å². The minimum absolute atomic E-state index is 0.662. The van der Waals surface area contributed by atoms with Gasteiger partial charge in [-0.2, -0.15) is 0 Å². The summed E-state index contributed by atoms with van der Waals surface area (Å²) >= 11 is 3.42. The number of benzene rings is 1. The highest BCUT2D eigenvalue weighted by Crippen LogP contribution is 2.12. The second-order valence-electron chi connectivity index (χ2n) is 3.11. The molecule has 78 valence electrons. The minimum Gasteiger partial charge on any atom is -0.349 e. The van der Waals surface area contributed by atoms with Crippen LogP contribution in [0.2, 0.25) is 0 Å². The van der Waals surface area contributed by atoms with Crippen LogP contribution >= 0.6 is 15.9 Å². The summed E-state index contributed by atoms with van der Waals surface area (Å²) in [6.45, 7) is 0.702. The Bertz CT molecular complexity index is 453. The molecule has 0 atom stereocenters. The normalized spacial score (nSPS) is 10.3. The van der Waals surface area contributed by atoms with E-state index in [4.69, 9.17) is 0 Å². The summed E-state index contributed by atoms with van der Waals surface area (Å²) in [5.41, 5.74) is 1.17. The van der Waals surface area contributed by atoms with Crippen molar-refractivity contribution in [2.75, 3.05) is 5.32 Å². The Kier molecular flexibility index (Phi) is 2.96. The van der Waals surface area contributed by atoms with Crippen molar-refractivity contribution in [3.8, 4) is 0 Å². The zero-order valence-electron chi connectivity index (χ0n) is 8.18. The van der Waals surface area contributed by atoms with Crippen molar-refractivity contribution in [1.82, 2.24) is 20.2 Å². The largest absolute Gasteiger partial charge is 0.349 e. The lowest BCUT2D eigenvalue weighted by molar-refractivity contribution is 0.712. The number of hydrogen-bond donors (Lipinski definition) is 1. The Morgan fingerprint density at radius 2 is 2.33 bits per heavy atom. The Labute approximate surface area is 95.6 Å². The van der Waals surface area contributed by atoms with E-state index in [0.29, 0.717) is 12.5 Å². The summed E-state index contributed by atoms with van der Waals surface area (Å²) in [6.07, 6.45) is 0. The number of aromatic nitrogens is 4. The first-order valence-electron chi connectivity index (χ1n) is 4.46. The van der Waals surface area contributed by atoms with Crippen LogP contribution in [0.4, 0.5) is 5.95 Å². The van der Waals surface area contributed by atoms with E-state index in [9.17, 15) is 0 Å². The molecule has 2 rings (SSSR count). The molecule has 0 aliphatic rings. The Hall–Kier alpha value is -1.43. The van der Waals surface area contributed by atoms with Gasteiger partial charge in [-0.05, 0) is 28.1 Å². The van der Waals surface area contributed by atoms with Gasteiger partial charge in [0.15, 0.2) is 0 Å². The molecule has 0 fully saturated rings. The first-order valence-corrected chi connectivity index (χ1v) is 5.25. The standard InChI is InChI=1S/C9H10BrN5/c1-15-9(12-13-14-15)11-6-7-3-2-4-8(10)5-7/h2-5H,6H2,1H3,(H,11,12,14). The van der Waals surface area contributed by atoms with Crippen LogP contribution < -0.4 is 5.32 Å². The summed E-state index contributed by atoms with van der Waals surface area (Å²) in [5, 5.41) is 14.2. The highest BCUT2D eigenvalue weighted by atomic mass is 79.9. The molecule has 15 heavy (non-hydrogen) atoms. The van der Waals surface area contributed by atoms with Crippen molar-refractivity contribution in [3.63, 3.8) is 0 Å². The highest BCUT2D eigenvalue weighted by Gasteiger charge is 2.00. The minimum atomic E-state index is 0.662. The van der Waals surface area contributed by atoms with Crippen LogP contribution in [-0.2, 0) is 13.6 Å². The number of halogens is 1. The van der Waals surface area contributed by atoms with E-state index >= 15 is 0 Å². The van der Waals surface area contributed by atoms with Gasteiger partial charge in [0.2, 0.25) is 5.95 Å². The molecule has 1 aromatic carbocycles. The summed E-state index contributed by atoms with van der Waals surface area (Å²) in [4.78, 5) is 0. The average molecular weight is 268 g/mol. The summed E-state index contributed by atoms with van der Waals surface area (Å²) < 4.78 is 2.66. The monoisotopic (exact) mass is 267 g/mol. The fourth-order valence-electron chi connectivity index (χ4n) is 1.21. The number of nitrogens with zero attached hydrogens (tertiary/aromatic N) is 4. The van der Waals surface area contributed by atoms with Gasteiger partial charge in [0.05, 0.1) is 0 Å². The zero-order valence-corrected chi connectivity index (χ0v) is 9.77. The van der Waals surface area contributed by atoms with Crippen molar-refractivity contribution in [1.29, 1.82) is 0 Å². The van der Waals surface area contributed by atoms with E-state index in [1.165, 1.54) is 5.56 Å². The molecule has 0 amide bonds. The Morgan fingerprint density at radius 3 is 3.00 bits per heavy atom. The summed E-state index contributed by atoms with van der Waals surface area (Å²) in [5.74, 6) is 0.662. The molecular weight excluding hydrogens is 258 g/mol. The third kappa shape index (κ3) is 2.53.